The van der Waals surface area contributed by atoms with Crippen LogP contribution in [0, 0.1) is 11.8 Å². The quantitative estimate of drug-likeness (QED) is 0.558. The number of amides is 1. The fourth-order valence-corrected chi connectivity index (χ4v) is 7.34. The van der Waals surface area contributed by atoms with E-state index < -0.39 is 43.8 Å². The zero-order valence-corrected chi connectivity index (χ0v) is 19.2. The first kappa shape index (κ1) is 23.5. The van der Waals surface area contributed by atoms with Crippen LogP contribution >= 0.6 is 0 Å². The summed E-state index contributed by atoms with van der Waals surface area (Å²) in [5.41, 5.74) is -0.0623. The fourth-order valence-electron chi connectivity index (χ4n) is 3.83. The van der Waals surface area contributed by atoms with Crippen molar-refractivity contribution in [3.63, 3.8) is 0 Å². The van der Waals surface area contributed by atoms with E-state index in [1.165, 1.54) is 30.5 Å². The summed E-state index contributed by atoms with van der Waals surface area (Å²) >= 11 is 0. The normalized spacial score (nSPS) is 24.2. The maximum absolute atomic E-state index is 13.4. The van der Waals surface area contributed by atoms with Gasteiger partial charge in [0, 0.05) is 13.1 Å². The third-order valence-electron chi connectivity index (χ3n) is 5.36. The van der Waals surface area contributed by atoms with Crippen LogP contribution in [0.15, 0.2) is 23.1 Å². The summed E-state index contributed by atoms with van der Waals surface area (Å²) < 4.78 is 63.7. The molecule has 0 N–H and O–H groups in total. The van der Waals surface area contributed by atoms with Crippen molar-refractivity contribution in [2.75, 3.05) is 36.9 Å². The Labute approximate surface area is 182 Å². The van der Waals surface area contributed by atoms with Gasteiger partial charge in [-0.2, -0.15) is 4.31 Å². The molecule has 172 valence electrons. The standard InChI is InChI=1S/C19H26N2O8S2/c1-4-29-19(23)14-6-5-9-20(11-14)31(26,27)17-10-15(7-8-16(17)28-3)21-18(22)13(2)12-30(21,24)25/h7-8,10,13-14H,4-6,9,11-12H2,1-3H3/t13-,14+/m0/s1. The number of hydrogen-bond donors (Lipinski definition) is 0. The zero-order valence-electron chi connectivity index (χ0n) is 17.6. The van der Waals surface area contributed by atoms with Gasteiger partial charge in [-0.25, -0.2) is 21.1 Å². The van der Waals surface area contributed by atoms with Crippen LogP contribution < -0.4 is 9.04 Å². The molecule has 3 rings (SSSR count). The number of nitrogens with zero attached hydrogens (tertiary/aromatic N) is 2. The van der Waals surface area contributed by atoms with Gasteiger partial charge in [-0.3, -0.25) is 9.59 Å². The molecule has 2 fully saturated rings. The van der Waals surface area contributed by atoms with E-state index in [1.54, 1.807) is 6.92 Å². The summed E-state index contributed by atoms with van der Waals surface area (Å²) in [5, 5.41) is 0. The third-order valence-corrected chi connectivity index (χ3v) is 9.12. The summed E-state index contributed by atoms with van der Waals surface area (Å²) in [7, 11) is -6.74. The molecule has 2 atom stereocenters. The van der Waals surface area contributed by atoms with Crippen molar-refractivity contribution in [3.05, 3.63) is 18.2 Å². The van der Waals surface area contributed by atoms with Crippen LogP contribution in [0.2, 0.25) is 0 Å². The largest absolute Gasteiger partial charge is 0.495 e. The SMILES string of the molecule is CCOC(=O)[C@@H]1CCCN(S(=O)(=O)c2cc(N3C(=O)[C@@H](C)CS3(=O)=O)ccc2OC)C1. The van der Waals surface area contributed by atoms with E-state index in [0.29, 0.717) is 17.1 Å². The van der Waals surface area contributed by atoms with Crippen LogP contribution in [0.5, 0.6) is 5.75 Å². The summed E-state index contributed by atoms with van der Waals surface area (Å²) in [5.74, 6) is -2.70. The lowest BCUT2D eigenvalue weighted by Crippen LogP contribution is -2.42. The van der Waals surface area contributed by atoms with E-state index in [-0.39, 0.29) is 41.8 Å². The molecule has 0 aliphatic carbocycles. The van der Waals surface area contributed by atoms with Gasteiger partial charge >= 0.3 is 5.97 Å². The minimum atomic E-state index is -4.14. The molecule has 1 amide bonds. The van der Waals surface area contributed by atoms with Crippen molar-refractivity contribution in [3.8, 4) is 5.75 Å². The van der Waals surface area contributed by atoms with Gasteiger partial charge in [0.05, 0.1) is 37.0 Å². The Hall–Kier alpha value is -2.18. The molecule has 2 saturated heterocycles. The summed E-state index contributed by atoms with van der Waals surface area (Å²) in [6.07, 6.45) is 0.988. The molecule has 12 heteroatoms. The summed E-state index contributed by atoms with van der Waals surface area (Å²) in [4.78, 5) is 24.3. The van der Waals surface area contributed by atoms with Crippen molar-refractivity contribution >= 4 is 37.6 Å². The number of carbonyl (C=O) groups is 2. The number of anilines is 1. The average Bonchev–Trinajstić information content (AvgIpc) is 2.94. The molecule has 0 saturated carbocycles. The number of methoxy groups -OCH3 is 1. The molecule has 0 spiro atoms. The smallest absolute Gasteiger partial charge is 0.310 e. The van der Waals surface area contributed by atoms with Crippen LogP contribution in [0.25, 0.3) is 0 Å². The second-order valence-corrected chi connectivity index (χ2v) is 11.3. The lowest BCUT2D eigenvalue weighted by Gasteiger charge is -2.31. The first-order valence-electron chi connectivity index (χ1n) is 9.94. The van der Waals surface area contributed by atoms with E-state index in [1.807, 2.05) is 0 Å². The Bertz CT molecular complexity index is 1080. The van der Waals surface area contributed by atoms with Crippen molar-refractivity contribution in [1.29, 1.82) is 0 Å². The fraction of sp³-hybridized carbons (Fsp3) is 0.579. The molecule has 1 aromatic carbocycles. The molecule has 1 aromatic rings. The highest BCUT2D eigenvalue weighted by Crippen LogP contribution is 2.36. The molecule has 0 bridgehead atoms. The van der Waals surface area contributed by atoms with Gasteiger partial charge in [-0.1, -0.05) is 6.92 Å². The summed E-state index contributed by atoms with van der Waals surface area (Å²) in [6.45, 7) is 3.54. The van der Waals surface area contributed by atoms with Gasteiger partial charge in [0.25, 0.3) is 0 Å². The molecule has 0 unspecified atom stereocenters. The zero-order chi connectivity index (χ0) is 23.0. The first-order valence-corrected chi connectivity index (χ1v) is 13.0. The Balaban J connectivity index is 2.00. The number of hydrogen-bond acceptors (Lipinski definition) is 8. The van der Waals surface area contributed by atoms with Crippen LogP contribution in [0.3, 0.4) is 0 Å². The highest BCUT2D eigenvalue weighted by molar-refractivity contribution is 7.94. The predicted octanol–water partition coefficient (Wildman–Crippen LogP) is 0.972. The monoisotopic (exact) mass is 474 g/mol. The van der Waals surface area contributed by atoms with Gasteiger partial charge in [0.15, 0.2) is 0 Å². The number of piperidine rings is 1. The third kappa shape index (κ3) is 4.41. The molecule has 10 nitrogen and oxygen atoms in total. The van der Waals surface area contributed by atoms with Crippen LogP contribution in [-0.2, 0) is 34.4 Å². The predicted molar refractivity (Wildman–Crippen MR) is 112 cm³/mol. The van der Waals surface area contributed by atoms with Gasteiger partial charge in [-0.05, 0) is 38.0 Å². The van der Waals surface area contributed by atoms with Crippen molar-refractivity contribution < 1.29 is 35.9 Å². The average molecular weight is 475 g/mol. The van der Waals surface area contributed by atoms with Gasteiger partial charge < -0.3 is 9.47 Å². The lowest BCUT2D eigenvalue weighted by molar-refractivity contribution is -0.149. The molecule has 2 aliphatic heterocycles. The molecule has 31 heavy (non-hydrogen) atoms. The molecule has 0 radical (unpaired) electrons. The Morgan fingerprint density at radius 1 is 1.29 bits per heavy atom. The second kappa shape index (κ2) is 8.75. The molecule has 2 heterocycles. The Morgan fingerprint density at radius 3 is 2.58 bits per heavy atom. The highest BCUT2D eigenvalue weighted by Gasteiger charge is 2.43. The number of rotatable bonds is 6. The van der Waals surface area contributed by atoms with Crippen LogP contribution in [-0.4, -0.2) is 65.6 Å². The number of ether oxygens (including phenoxy) is 2. The highest BCUT2D eigenvalue weighted by atomic mass is 32.2. The lowest BCUT2D eigenvalue weighted by atomic mass is 10.0. The Kier molecular flexibility index (Phi) is 6.63. The van der Waals surface area contributed by atoms with Gasteiger partial charge in [0.2, 0.25) is 26.0 Å². The van der Waals surface area contributed by atoms with E-state index >= 15 is 0 Å². The van der Waals surface area contributed by atoms with E-state index in [0.717, 1.165) is 6.07 Å². The van der Waals surface area contributed by atoms with Crippen molar-refractivity contribution in [2.24, 2.45) is 11.8 Å². The van der Waals surface area contributed by atoms with Gasteiger partial charge in [-0.15, -0.1) is 0 Å². The maximum Gasteiger partial charge on any atom is 0.310 e. The maximum atomic E-state index is 13.4. The van der Waals surface area contributed by atoms with E-state index in [4.69, 9.17) is 9.47 Å². The van der Waals surface area contributed by atoms with Crippen LogP contribution in [0.1, 0.15) is 26.7 Å². The summed E-state index contributed by atoms with van der Waals surface area (Å²) in [6, 6.07) is 3.79. The molecular weight excluding hydrogens is 448 g/mol. The first-order chi connectivity index (χ1) is 14.5. The topological polar surface area (TPSA) is 127 Å². The molecule has 0 aromatic heterocycles. The number of sulfonamides is 2. The number of carbonyl (C=O) groups excluding carboxylic acids is 2. The van der Waals surface area contributed by atoms with Crippen LogP contribution in [0.4, 0.5) is 5.69 Å². The second-order valence-electron chi connectivity index (χ2n) is 7.57. The van der Waals surface area contributed by atoms with Crippen molar-refractivity contribution in [2.45, 2.75) is 31.6 Å². The van der Waals surface area contributed by atoms with Crippen molar-refractivity contribution in [1.82, 2.24) is 4.31 Å². The van der Waals surface area contributed by atoms with E-state index in [9.17, 15) is 26.4 Å². The molecular formula is C19H26N2O8S2. The number of benzene rings is 1. The minimum Gasteiger partial charge on any atom is -0.495 e. The Morgan fingerprint density at radius 2 is 2.00 bits per heavy atom. The number of esters is 1. The van der Waals surface area contributed by atoms with E-state index in [2.05, 4.69) is 0 Å². The minimum absolute atomic E-state index is 0.0131. The molecule has 2 aliphatic rings. The van der Waals surface area contributed by atoms with Gasteiger partial charge in [0.1, 0.15) is 10.6 Å².